The summed E-state index contributed by atoms with van der Waals surface area (Å²) in [6.45, 7) is 0.152. The molecule has 0 fully saturated rings. The maximum atomic E-state index is 13.7. The van der Waals surface area contributed by atoms with Gasteiger partial charge in [0.25, 0.3) is 11.5 Å². The lowest BCUT2D eigenvalue weighted by Gasteiger charge is -2.23. The van der Waals surface area contributed by atoms with Gasteiger partial charge in [0.1, 0.15) is 11.6 Å². The van der Waals surface area contributed by atoms with E-state index in [1.807, 2.05) is 0 Å². The number of hydrogen-bond acceptors (Lipinski definition) is 6. The Kier molecular flexibility index (Phi) is 6.96. The number of H-pyrrole nitrogens is 1. The summed E-state index contributed by atoms with van der Waals surface area (Å²) >= 11 is 0. The minimum atomic E-state index is -0.378. The first-order valence-corrected chi connectivity index (χ1v) is 10.7. The van der Waals surface area contributed by atoms with E-state index in [9.17, 15) is 14.0 Å². The Hall–Kier alpha value is -4.40. The van der Waals surface area contributed by atoms with Crippen LogP contribution in [0.25, 0.3) is 10.9 Å². The van der Waals surface area contributed by atoms with E-state index in [4.69, 9.17) is 14.2 Å². The number of nitrogens with one attached hydrogen (secondary N) is 1. The zero-order valence-electron chi connectivity index (χ0n) is 19.5. The van der Waals surface area contributed by atoms with Gasteiger partial charge in [-0.25, -0.2) is 9.37 Å². The van der Waals surface area contributed by atoms with E-state index in [0.29, 0.717) is 39.5 Å². The number of carbonyl (C=O) groups is 1. The topological polar surface area (TPSA) is 93.8 Å². The molecule has 0 saturated carbocycles. The number of hydrogen-bond donors (Lipinski definition) is 1. The zero-order valence-corrected chi connectivity index (χ0v) is 19.5. The highest BCUT2D eigenvalue weighted by atomic mass is 19.1. The number of nitrogens with zero attached hydrogens (tertiary/aromatic N) is 2. The molecule has 0 radical (unpaired) electrons. The number of ether oxygens (including phenoxy) is 3. The standard InChI is InChI=1S/C26H24FN3O5/c1-33-21-12-17(13-22(34-2)24(21)35-3)26(32)30(14-16-8-10-18(27)11-9-16)15-23-28-20-7-5-4-6-19(20)25(31)29-23/h4-13H,14-15H2,1-3H3,(H,28,29,31). The fraction of sp³-hybridized carbons (Fsp3) is 0.192. The van der Waals surface area contributed by atoms with Gasteiger partial charge in [-0.1, -0.05) is 24.3 Å². The van der Waals surface area contributed by atoms with Crippen LogP contribution >= 0.6 is 0 Å². The van der Waals surface area contributed by atoms with Crippen LogP contribution in [0.15, 0.2) is 65.5 Å². The summed E-state index contributed by atoms with van der Waals surface area (Å²) in [4.78, 5) is 35.0. The van der Waals surface area contributed by atoms with E-state index in [-0.39, 0.29) is 35.9 Å². The molecule has 0 spiro atoms. The first-order chi connectivity index (χ1) is 16.9. The van der Waals surface area contributed by atoms with Crippen molar-refractivity contribution in [1.82, 2.24) is 14.9 Å². The summed E-state index contributed by atoms with van der Waals surface area (Å²) in [6, 6.07) is 15.9. The van der Waals surface area contributed by atoms with Crippen molar-refractivity contribution in [3.63, 3.8) is 0 Å². The minimum absolute atomic E-state index is 0.00689. The molecule has 1 heterocycles. The Balaban J connectivity index is 1.75. The molecule has 9 heteroatoms. The Labute approximate surface area is 200 Å². The Morgan fingerprint density at radius 2 is 1.60 bits per heavy atom. The van der Waals surface area contributed by atoms with Crippen molar-refractivity contribution in [2.24, 2.45) is 0 Å². The number of para-hydroxylation sites is 1. The quantitative estimate of drug-likeness (QED) is 0.413. The maximum absolute atomic E-state index is 13.7. The van der Waals surface area contributed by atoms with Crippen LogP contribution in [0, 0.1) is 5.82 Å². The number of methoxy groups -OCH3 is 3. The van der Waals surface area contributed by atoms with Gasteiger partial charge in [-0.2, -0.15) is 0 Å². The second-order valence-corrected chi connectivity index (χ2v) is 7.73. The van der Waals surface area contributed by atoms with Crippen LogP contribution in [0.3, 0.4) is 0 Å². The van der Waals surface area contributed by atoms with E-state index in [1.54, 1.807) is 48.5 Å². The van der Waals surface area contributed by atoms with E-state index in [0.717, 1.165) is 0 Å². The smallest absolute Gasteiger partial charge is 0.258 e. The van der Waals surface area contributed by atoms with Crippen molar-refractivity contribution in [3.8, 4) is 17.2 Å². The third-order valence-corrected chi connectivity index (χ3v) is 5.49. The minimum Gasteiger partial charge on any atom is -0.493 e. The fourth-order valence-electron chi connectivity index (χ4n) is 3.79. The SMILES string of the molecule is COc1cc(C(=O)N(Cc2ccc(F)cc2)Cc2nc3ccccc3c(=O)[nH]2)cc(OC)c1OC. The van der Waals surface area contributed by atoms with Gasteiger partial charge in [0, 0.05) is 12.1 Å². The van der Waals surface area contributed by atoms with Gasteiger partial charge < -0.3 is 24.1 Å². The van der Waals surface area contributed by atoms with E-state index in [2.05, 4.69) is 9.97 Å². The molecule has 180 valence electrons. The monoisotopic (exact) mass is 477 g/mol. The van der Waals surface area contributed by atoms with Crippen LogP contribution in [-0.4, -0.2) is 42.1 Å². The fourth-order valence-corrected chi connectivity index (χ4v) is 3.79. The number of amides is 1. The van der Waals surface area contributed by atoms with Crippen LogP contribution in [-0.2, 0) is 13.1 Å². The lowest BCUT2D eigenvalue weighted by atomic mass is 10.1. The van der Waals surface area contributed by atoms with Gasteiger partial charge in [-0.3, -0.25) is 9.59 Å². The molecule has 0 aliphatic carbocycles. The van der Waals surface area contributed by atoms with Crippen LogP contribution in [0.5, 0.6) is 17.2 Å². The predicted octanol–water partition coefficient (Wildman–Crippen LogP) is 3.93. The van der Waals surface area contributed by atoms with Crippen molar-refractivity contribution >= 4 is 16.8 Å². The van der Waals surface area contributed by atoms with Gasteiger partial charge in [0.2, 0.25) is 5.75 Å². The Bertz CT molecular complexity index is 1390. The summed E-state index contributed by atoms with van der Waals surface area (Å²) in [5.41, 5.74) is 1.21. The number of carbonyl (C=O) groups excluding carboxylic acids is 1. The predicted molar refractivity (Wildman–Crippen MR) is 128 cm³/mol. The normalized spacial score (nSPS) is 10.7. The highest BCUT2D eigenvalue weighted by molar-refractivity contribution is 5.95. The summed E-state index contributed by atoms with van der Waals surface area (Å²) in [6.07, 6.45) is 0. The van der Waals surface area contributed by atoms with Crippen LogP contribution in [0.2, 0.25) is 0 Å². The summed E-state index contributed by atoms with van der Waals surface area (Å²) < 4.78 is 29.6. The van der Waals surface area contributed by atoms with Crippen LogP contribution in [0.4, 0.5) is 4.39 Å². The van der Waals surface area contributed by atoms with Gasteiger partial charge in [-0.15, -0.1) is 0 Å². The number of fused-ring (bicyclic) bond motifs is 1. The first kappa shape index (κ1) is 23.7. The summed E-state index contributed by atoms with van der Waals surface area (Å²) in [7, 11) is 4.40. The van der Waals surface area contributed by atoms with E-state index in [1.165, 1.54) is 38.4 Å². The summed E-state index contributed by atoms with van der Waals surface area (Å²) in [5.74, 6) is 0.582. The van der Waals surface area contributed by atoms with Crippen LogP contribution in [0.1, 0.15) is 21.7 Å². The molecule has 4 aromatic rings. The van der Waals surface area contributed by atoms with Crippen molar-refractivity contribution in [1.29, 1.82) is 0 Å². The number of rotatable bonds is 8. The van der Waals surface area contributed by atoms with Crippen molar-refractivity contribution in [3.05, 3.63) is 93.8 Å². The molecule has 0 bridgehead atoms. The van der Waals surface area contributed by atoms with E-state index < -0.39 is 0 Å². The highest BCUT2D eigenvalue weighted by Crippen LogP contribution is 2.38. The average Bonchev–Trinajstić information content (AvgIpc) is 2.88. The Morgan fingerprint density at radius 1 is 0.943 bits per heavy atom. The Morgan fingerprint density at radius 3 is 2.23 bits per heavy atom. The lowest BCUT2D eigenvalue weighted by molar-refractivity contribution is 0.0724. The van der Waals surface area contributed by atoms with Gasteiger partial charge in [0.15, 0.2) is 11.5 Å². The molecular weight excluding hydrogens is 453 g/mol. The molecule has 1 aromatic heterocycles. The second kappa shape index (κ2) is 10.3. The van der Waals surface area contributed by atoms with Gasteiger partial charge in [-0.05, 0) is 42.0 Å². The number of benzene rings is 3. The highest BCUT2D eigenvalue weighted by Gasteiger charge is 2.23. The molecule has 1 N–H and O–H groups in total. The molecular formula is C26H24FN3O5. The number of aromatic amines is 1. The molecule has 0 aliphatic rings. The van der Waals surface area contributed by atoms with Crippen LogP contribution < -0.4 is 19.8 Å². The maximum Gasteiger partial charge on any atom is 0.258 e. The average molecular weight is 477 g/mol. The largest absolute Gasteiger partial charge is 0.493 e. The van der Waals surface area contributed by atoms with Crippen molar-refractivity contribution < 1.29 is 23.4 Å². The number of halogens is 1. The summed E-state index contributed by atoms with van der Waals surface area (Å²) in [5, 5.41) is 0.456. The van der Waals surface area contributed by atoms with Crippen molar-refractivity contribution in [2.45, 2.75) is 13.1 Å². The molecule has 0 aliphatic heterocycles. The third kappa shape index (κ3) is 5.08. The first-order valence-electron chi connectivity index (χ1n) is 10.7. The molecule has 4 rings (SSSR count). The molecule has 0 atom stereocenters. The number of aromatic nitrogens is 2. The molecule has 35 heavy (non-hydrogen) atoms. The van der Waals surface area contributed by atoms with Crippen molar-refractivity contribution in [2.75, 3.05) is 21.3 Å². The molecule has 3 aromatic carbocycles. The molecule has 8 nitrogen and oxygen atoms in total. The molecule has 1 amide bonds. The molecule has 0 saturated heterocycles. The molecule has 0 unspecified atom stereocenters. The lowest BCUT2D eigenvalue weighted by Crippen LogP contribution is -2.32. The second-order valence-electron chi connectivity index (χ2n) is 7.73. The van der Waals surface area contributed by atoms with Gasteiger partial charge in [0.05, 0.1) is 38.8 Å². The third-order valence-electron chi connectivity index (χ3n) is 5.49. The van der Waals surface area contributed by atoms with Gasteiger partial charge >= 0.3 is 0 Å². The van der Waals surface area contributed by atoms with E-state index >= 15 is 0 Å². The zero-order chi connectivity index (χ0) is 24.9.